The van der Waals surface area contributed by atoms with E-state index in [9.17, 15) is 4.79 Å². The van der Waals surface area contributed by atoms with Crippen LogP contribution >= 0.6 is 27.5 Å². The summed E-state index contributed by atoms with van der Waals surface area (Å²) in [6.45, 7) is 0.181. The van der Waals surface area contributed by atoms with Crippen LogP contribution in [0.3, 0.4) is 0 Å². The van der Waals surface area contributed by atoms with Gasteiger partial charge in [-0.2, -0.15) is 0 Å². The van der Waals surface area contributed by atoms with Crippen molar-refractivity contribution in [2.24, 2.45) is 4.99 Å². The third-order valence-electron chi connectivity index (χ3n) is 3.48. The Morgan fingerprint density at radius 2 is 1.96 bits per heavy atom. The van der Waals surface area contributed by atoms with Crippen LogP contribution < -0.4 is 9.47 Å². The summed E-state index contributed by atoms with van der Waals surface area (Å²) in [7, 11) is 0. The Labute approximate surface area is 150 Å². The molecule has 2 aromatic rings. The fourth-order valence-corrected chi connectivity index (χ4v) is 2.97. The Morgan fingerprint density at radius 3 is 2.75 bits per heavy atom. The molecule has 120 valence electrons. The number of carbonyl (C=O) groups is 1. The van der Waals surface area contributed by atoms with Gasteiger partial charge in [-0.1, -0.05) is 33.6 Å². The van der Waals surface area contributed by atoms with Gasteiger partial charge in [-0.3, -0.25) is 0 Å². The molecular weight excluding hydrogens is 398 g/mol. The molecule has 2 aromatic carbocycles. The summed E-state index contributed by atoms with van der Waals surface area (Å²) in [4.78, 5) is 16.3. The normalized spacial score (nSPS) is 17.2. The van der Waals surface area contributed by atoms with Gasteiger partial charge in [0.15, 0.2) is 17.2 Å². The number of ether oxygens (including phenoxy) is 3. The van der Waals surface area contributed by atoms with Gasteiger partial charge in [0.1, 0.15) is 0 Å². The van der Waals surface area contributed by atoms with Crippen molar-refractivity contribution in [3.8, 4) is 11.5 Å². The van der Waals surface area contributed by atoms with Crippen molar-refractivity contribution in [1.29, 1.82) is 0 Å². The van der Waals surface area contributed by atoms with Gasteiger partial charge < -0.3 is 14.2 Å². The lowest BCUT2D eigenvalue weighted by Crippen LogP contribution is -2.05. The van der Waals surface area contributed by atoms with Gasteiger partial charge in [0.05, 0.1) is 0 Å². The SMILES string of the molecule is O=C1OC(c2cccc(Cl)c2)=N/C1=C/c1cc2c(cc1Br)OCO2. The molecule has 0 radical (unpaired) electrons. The highest BCUT2D eigenvalue weighted by molar-refractivity contribution is 9.10. The number of halogens is 2. The van der Waals surface area contributed by atoms with Crippen LogP contribution in [0.2, 0.25) is 5.02 Å². The molecule has 0 saturated carbocycles. The number of hydrogen-bond donors (Lipinski definition) is 0. The number of esters is 1. The lowest BCUT2D eigenvalue weighted by Gasteiger charge is -2.02. The monoisotopic (exact) mass is 405 g/mol. The van der Waals surface area contributed by atoms with E-state index in [1.807, 2.05) is 0 Å². The van der Waals surface area contributed by atoms with Crippen molar-refractivity contribution in [2.45, 2.75) is 0 Å². The zero-order valence-electron chi connectivity index (χ0n) is 12.1. The number of hydrogen-bond acceptors (Lipinski definition) is 5. The standard InChI is InChI=1S/C17H9BrClNO4/c18-12-7-15-14(22-8-23-15)6-10(12)5-13-17(21)24-16(20-13)9-2-1-3-11(19)4-9/h1-7H,8H2/b13-5+. The molecule has 0 aromatic heterocycles. The van der Waals surface area contributed by atoms with Crippen LogP contribution in [0.1, 0.15) is 11.1 Å². The third-order valence-corrected chi connectivity index (χ3v) is 4.40. The predicted octanol–water partition coefficient (Wildman–Crippen LogP) is 4.18. The maximum atomic E-state index is 12.1. The lowest BCUT2D eigenvalue weighted by atomic mass is 10.1. The van der Waals surface area contributed by atoms with E-state index in [4.69, 9.17) is 25.8 Å². The highest BCUT2D eigenvalue weighted by Gasteiger charge is 2.25. The zero-order valence-corrected chi connectivity index (χ0v) is 14.4. The van der Waals surface area contributed by atoms with E-state index in [1.54, 1.807) is 42.5 Å². The number of rotatable bonds is 2. The molecule has 0 aliphatic carbocycles. The van der Waals surface area contributed by atoms with Crippen LogP contribution in [0.5, 0.6) is 11.5 Å². The first kappa shape index (κ1) is 15.2. The molecule has 2 aliphatic heterocycles. The van der Waals surface area contributed by atoms with Gasteiger partial charge >= 0.3 is 5.97 Å². The molecule has 2 heterocycles. The number of aliphatic imine (C=N–C) groups is 1. The minimum atomic E-state index is -0.519. The van der Waals surface area contributed by atoms with Gasteiger partial charge in [0.25, 0.3) is 0 Å². The van der Waals surface area contributed by atoms with Crippen molar-refractivity contribution < 1.29 is 19.0 Å². The van der Waals surface area contributed by atoms with E-state index >= 15 is 0 Å². The highest BCUT2D eigenvalue weighted by atomic mass is 79.9. The Hall–Kier alpha value is -2.31. The molecule has 0 saturated heterocycles. The van der Waals surface area contributed by atoms with Crippen molar-refractivity contribution in [1.82, 2.24) is 0 Å². The van der Waals surface area contributed by atoms with Crippen molar-refractivity contribution in [3.63, 3.8) is 0 Å². The maximum absolute atomic E-state index is 12.1. The van der Waals surface area contributed by atoms with E-state index in [1.165, 1.54) is 0 Å². The topological polar surface area (TPSA) is 57.1 Å². The quantitative estimate of drug-likeness (QED) is 0.555. The highest BCUT2D eigenvalue weighted by Crippen LogP contribution is 2.38. The number of carbonyl (C=O) groups excluding carboxylic acids is 1. The second-order valence-corrected chi connectivity index (χ2v) is 6.36. The molecule has 4 rings (SSSR count). The van der Waals surface area contributed by atoms with Crippen LogP contribution in [0.25, 0.3) is 6.08 Å². The lowest BCUT2D eigenvalue weighted by molar-refractivity contribution is -0.129. The molecule has 24 heavy (non-hydrogen) atoms. The maximum Gasteiger partial charge on any atom is 0.363 e. The largest absolute Gasteiger partial charge is 0.454 e. The number of cyclic esters (lactones) is 1. The predicted molar refractivity (Wildman–Crippen MR) is 92.3 cm³/mol. The van der Waals surface area contributed by atoms with Crippen molar-refractivity contribution >= 4 is 45.5 Å². The van der Waals surface area contributed by atoms with Crippen LogP contribution in [-0.4, -0.2) is 18.7 Å². The minimum Gasteiger partial charge on any atom is -0.454 e. The van der Waals surface area contributed by atoms with Crippen molar-refractivity contribution in [3.05, 3.63) is 62.7 Å². The number of fused-ring (bicyclic) bond motifs is 1. The number of benzene rings is 2. The van der Waals surface area contributed by atoms with Crippen LogP contribution in [0.4, 0.5) is 0 Å². The average Bonchev–Trinajstić information content (AvgIpc) is 3.14. The second kappa shape index (κ2) is 5.96. The first-order valence-corrected chi connectivity index (χ1v) is 8.15. The molecule has 0 atom stereocenters. The van der Waals surface area contributed by atoms with E-state index in [0.717, 1.165) is 10.0 Å². The Kier molecular flexibility index (Phi) is 3.78. The Morgan fingerprint density at radius 1 is 1.17 bits per heavy atom. The zero-order chi connectivity index (χ0) is 16.7. The van der Waals surface area contributed by atoms with E-state index in [2.05, 4.69) is 20.9 Å². The minimum absolute atomic E-state index is 0.181. The average molecular weight is 407 g/mol. The Balaban J connectivity index is 1.71. The number of nitrogens with zero attached hydrogens (tertiary/aromatic N) is 1. The molecule has 0 unspecified atom stereocenters. The molecule has 0 spiro atoms. The van der Waals surface area contributed by atoms with E-state index in [-0.39, 0.29) is 18.4 Å². The summed E-state index contributed by atoms with van der Waals surface area (Å²) < 4.78 is 16.7. The second-order valence-electron chi connectivity index (χ2n) is 5.07. The smallest absolute Gasteiger partial charge is 0.363 e. The molecular formula is C17H9BrClNO4. The molecule has 0 fully saturated rings. The summed E-state index contributed by atoms with van der Waals surface area (Å²) in [5, 5.41) is 0.544. The molecule has 0 N–H and O–H groups in total. The van der Waals surface area contributed by atoms with Gasteiger partial charge in [0.2, 0.25) is 12.7 Å². The molecule has 0 bridgehead atoms. The third kappa shape index (κ3) is 2.79. The molecule has 7 heteroatoms. The summed E-state index contributed by atoms with van der Waals surface area (Å²) in [5.74, 6) is 0.983. The molecule has 0 amide bonds. The first-order valence-electron chi connectivity index (χ1n) is 6.98. The van der Waals surface area contributed by atoms with Crippen LogP contribution in [0.15, 0.2) is 51.6 Å². The van der Waals surface area contributed by atoms with Gasteiger partial charge in [-0.05, 0) is 42.0 Å². The van der Waals surface area contributed by atoms with Crippen molar-refractivity contribution in [2.75, 3.05) is 6.79 Å². The van der Waals surface area contributed by atoms with E-state index < -0.39 is 5.97 Å². The summed E-state index contributed by atoms with van der Waals surface area (Å²) in [5.41, 5.74) is 1.58. The fourth-order valence-electron chi connectivity index (χ4n) is 2.34. The first-order chi connectivity index (χ1) is 11.6. The molecule has 5 nitrogen and oxygen atoms in total. The summed E-state index contributed by atoms with van der Waals surface area (Å²) in [6, 6.07) is 10.5. The summed E-state index contributed by atoms with van der Waals surface area (Å²) >= 11 is 9.41. The fraction of sp³-hybridized carbons (Fsp3) is 0.0588. The molecule has 2 aliphatic rings. The van der Waals surface area contributed by atoms with Gasteiger partial charge in [0, 0.05) is 15.1 Å². The van der Waals surface area contributed by atoms with Gasteiger partial charge in [-0.25, -0.2) is 9.79 Å². The van der Waals surface area contributed by atoms with E-state index in [0.29, 0.717) is 22.1 Å². The van der Waals surface area contributed by atoms with Crippen LogP contribution in [0, 0.1) is 0 Å². The summed E-state index contributed by atoms with van der Waals surface area (Å²) in [6.07, 6.45) is 1.63. The Bertz CT molecular complexity index is 923. The van der Waals surface area contributed by atoms with Crippen LogP contribution in [-0.2, 0) is 9.53 Å². The van der Waals surface area contributed by atoms with Gasteiger partial charge in [-0.15, -0.1) is 0 Å².